The molecule has 0 bridgehead atoms. The number of nitrogens with one attached hydrogen (secondary N) is 2. The van der Waals surface area contributed by atoms with Gasteiger partial charge in [0.05, 0.1) is 0 Å². The number of aryl methyl sites for hydroxylation is 1. The Kier molecular flexibility index (Phi) is 5.51. The summed E-state index contributed by atoms with van der Waals surface area (Å²) in [7, 11) is 1.51. The smallest absolute Gasteiger partial charge is 0.248 e. The Bertz CT molecular complexity index is 397. The van der Waals surface area contributed by atoms with Crippen molar-refractivity contribution < 1.29 is 9.53 Å². The van der Waals surface area contributed by atoms with Gasteiger partial charge in [-0.15, -0.1) is 0 Å². The van der Waals surface area contributed by atoms with Crippen LogP contribution < -0.4 is 10.6 Å². The van der Waals surface area contributed by atoms with Gasteiger partial charge in [-0.05, 0) is 26.8 Å². The number of nitrogens with zero attached hydrogens (tertiary/aromatic N) is 2. The van der Waals surface area contributed by atoms with Crippen LogP contribution in [0, 0.1) is 6.92 Å². The molecule has 1 heterocycles. The first-order valence-corrected chi connectivity index (χ1v) is 5.89. The number of anilines is 1. The van der Waals surface area contributed by atoms with Gasteiger partial charge in [-0.3, -0.25) is 4.79 Å². The Labute approximate surface area is 107 Å². The van der Waals surface area contributed by atoms with Crippen molar-refractivity contribution in [3.8, 4) is 0 Å². The number of hydrogen-bond donors (Lipinski definition) is 2. The molecule has 1 rings (SSSR count). The zero-order valence-electron chi connectivity index (χ0n) is 11.2. The first-order valence-electron chi connectivity index (χ1n) is 5.89. The molecule has 18 heavy (non-hydrogen) atoms. The van der Waals surface area contributed by atoms with Crippen LogP contribution in [0.4, 0.5) is 5.95 Å². The molecule has 0 radical (unpaired) electrons. The van der Waals surface area contributed by atoms with Crippen molar-refractivity contribution in [2.45, 2.75) is 32.9 Å². The van der Waals surface area contributed by atoms with Gasteiger partial charge in [0, 0.05) is 31.6 Å². The van der Waals surface area contributed by atoms with E-state index in [1.807, 2.05) is 19.9 Å². The van der Waals surface area contributed by atoms with E-state index in [1.165, 1.54) is 7.11 Å². The van der Waals surface area contributed by atoms with Crippen LogP contribution in [-0.4, -0.2) is 41.7 Å². The fourth-order valence-electron chi connectivity index (χ4n) is 1.29. The standard InChI is InChI=1S/C12H20N4O2/c1-8-5-6-13-12(15-8)16-9(2)7-14-11(17)10(3)18-4/h5-6,9-10H,7H2,1-4H3,(H,14,17)(H,13,15,16)/t9-,10+/m1/s1. The van der Waals surface area contributed by atoms with Gasteiger partial charge in [0.15, 0.2) is 0 Å². The molecule has 100 valence electrons. The number of rotatable bonds is 6. The lowest BCUT2D eigenvalue weighted by atomic mass is 10.3. The first kappa shape index (κ1) is 14.4. The van der Waals surface area contributed by atoms with E-state index in [0.29, 0.717) is 12.5 Å². The minimum atomic E-state index is -0.438. The highest BCUT2D eigenvalue weighted by Gasteiger charge is 2.12. The van der Waals surface area contributed by atoms with Crippen LogP contribution in [0.25, 0.3) is 0 Å². The van der Waals surface area contributed by atoms with Crippen LogP contribution in [0.15, 0.2) is 12.3 Å². The van der Waals surface area contributed by atoms with Gasteiger partial charge in [-0.1, -0.05) is 0 Å². The van der Waals surface area contributed by atoms with E-state index in [-0.39, 0.29) is 11.9 Å². The summed E-state index contributed by atoms with van der Waals surface area (Å²) in [5, 5.41) is 5.90. The molecule has 0 aromatic carbocycles. The quantitative estimate of drug-likeness (QED) is 0.781. The zero-order valence-corrected chi connectivity index (χ0v) is 11.2. The van der Waals surface area contributed by atoms with Crippen LogP contribution >= 0.6 is 0 Å². The SMILES string of the molecule is CO[C@@H](C)C(=O)NC[C@@H](C)Nc1nccc(C)n1. The number of amides is 1. The predicted octanol–water partition coefficient (Wildman–Crippen LogP) is 0.737. The second-order valence-electron chi connectivity index (χ2n) is 4.19. The fourth-order valence-corrected chi connectivity index (χ4v) is 1.29. The monoisotopic (exact) mass is 252 g/mol. The normalized spacial score (nSPS) is 13.8. The average molecular weight is 252 g/mol. The number of ether oxygens (including phenoxy) is 1. The van der Waals surface area contributed by atoms with Crippen molar-refractivity contribution in [2.75, 3.05) is 19.0 Å². The summed E-state index contributed by atoms with van der Waals surface area (Å²) in [6, 6.07) is 1.87. The first-order chi connectivity index (χ1) is 8.52. The minimum absolute atomic E-state index is 0.0415. The zero-order chi connectivity index (χ0) is 13.5. The predicted molar refractivity (Wildman–Crippen MR) is 69.3 cm³/mol. The Balaban J connectivity index is 2.38. The lowest BCUT2D eigenvalue weighted by molar-refractivity contribution is -0.130. The Morgan fingerprint density at radius 3 is 2.83 bits per heavy atom. The fraction of sp³-hybridized carbons (Fsp3) is 0.583. The summed E-state index contributed by atoms with van der Waals surface area (Å²) < 4.78 is 4.92. The van der Waals surface area contributed by atoms with E-state index < -0.39 is 6.10 Å². The number of hydrogen-bond acceptors (Lipinski definition) is 5. The van der Waals surface area contributed by atoms with Gasteiger partial charge in [0.25, 0.3) is 0 Å². The maximum absolute atomic E-state index is 11.5. The maximum Gasteiger partial charge on any atom is 0.248 e. The molecular formula is C12H20N4O2. The van der Waals surface area contributed by atoms with Crippen molar-refractivity contribution in [1.29, 1.82) is 0 Å². The van der Waals surface area contributed by atoms with Crippen molar-refractivity contribution in [1.82, 2.24) is 15.3 Å². The number of methoxy groups -OCH3 is 1. The lowest BCUT2D eigenvalue weighted by Gasteiger charge is -2.16. The van der Waals surface area contributed by atoms with Crippen LogP contribution in [-0.2, 0) is 9.53 Å². The Morgan fingerprint density at radius 1 is 1.50 bits per heavy atom. The summed E-state index contributed by atoms with van der Waals surface area (Å²) in [6.45, 7) is 6.05. The molecule has 0 aliphatic heterocycles. The third kappa shape index (κ3) is 4.67. The van der Waals surface area contributed by atoms with E-state index in [4.69, 9.17) is 4.74 Å². The number of aromatic nitrogens is 2. The van der Waals surface area contributed by atoms with Crippen molar-refractivity contribution >= 4 is 11.9 Å². The summed E-state index contributed by atoms with van der Waals surface area (Å²) in [5.41, 5.74) is 0.900. The van der Waals surface area contributed by atoms with E-state index >= 15 is 0 Å². The highest BCUT2D eigenvalue weighted by Crippen LogP contribution is 2.00. The van der Waals surface area contributed by atoms with Crippen LogP contribution in [0.3, 0.4) is 0 Å². The van der Waals surface area contributed by atoms with Crippen LogP contribution in [0.5, 0.6) is 0 Å². The van der Waals surface area contributed by atoms with E-state index in [1.54, 1.807) is 13.1 Å². The number of carbonyl (C=O) groups excluding carboxylic acids is 1. The molecular weight excluding hydrogens is 232 g/mol. The molecule has 1 amide bonds. The van der Waals surface area contributed by atoms with E-state index in [2.05, 4.69) is 20.6 Å². The topological polar surface area (TPSA) is 76.1 Å². The highest BCUT2D eigenvalue weighted by molar-refractivity contribution is 5.80. The van der Waals surface area contributed by atoms with Gasteiger partial charge >= 0.3 is 0 Å². The van der Waals surface area contributed by atoms with Gasteiger partial charge in [-0.25, -0.2) is 9.97 Å². The molecule has 2 atom stereocenters. The Hall–Kier alpha value is -1.69. The molecule has 6 heteroatoms. The summed E-state index contributed by atoms with van der Waals surface area (Å²) in [6.07, 6.45) is 1.26. The van der Waals surface area contributed by atoms with Crippen molar-refractivity contribution in [3.63, 3.8) is 0 Å². The molecule has 0 fully saturated rings. The molecule has 0 saturated carbocycles. The Morgan fingerprint density at radius 2 is 2.22 bits per heavy atom. The van der Waals surface area contributed by atoms with Gasteiger partial charge < -0.3 is 15.4 Å². The lowest BCUT2D eigenvalue weighted by Crippen LogP contribution is -2.40. The summed E-state index contributed by atoms with van der Waals surface area (Å²) in [4.78, 5) is 19.8. The van der Waals surface area contributed by atoms with Gasteiger partial charge in [0.1, 0.15) is 6.10 Å². The summed E-state index contributed by atoms with van der Waals surface area (Å²) >= 11 is 0. The van der Waals surface area contributed by atoms with Gasteiger partial charge in [-0.2, -0.15) is 0 Å². The molecule has 0 saturated heterocycles. The van der Waals surface area contributed by atoms with Gasteiger partial charge in [0.2, 0.25) is 11.9 Å². The molecule has 2 N–H and O–H groups in total. The molecule has 0 aliphatic rings. The third-order valence-electron chi connectivity index (χ3n) is 2.48. The van der Waals surface area contributed by atoms with Crippen LogP contribution in [0.2, 0.25) is 0 Å². The molecule has 6 nitrogen and oxygen atoms in total. The number of carbonyl (C=O) groups is 1. The minimum Gasteiger partial charge on any atom is -0.372 e. The van der Waals surface area contributed by atoms with Crippen LogP contribution in [0.1, 0.15) is 19.5 Å². The third-order valence-corrected chi connectivity index (χ3v) is 2.48. The average Bonchev–Trinajstić information content (AvgIpc) is 2.35. The van der Waals surface area contributed by atoms with Crippen molar-refractivity contribution in [2.24, 2.45) is 0 Å². The largest absolute Gasteiger partial charge is 0.372 e. The summed E-state index contributed by atoms with van der Waals surface area (Å²) in [5.74, 6) is 0.438. The van der Waals surface area contributed by atoms with E-state index in [9.17, 15) is 4.79 Å². The molecule has 0 aliphatic carbocycles. The molecule has 0 spiro atoms. The van der Waals surface area contributed by atoms with Crippen molar-refractivity contribution in [3.05, 3.63) is 18.0 Å². The molecule has 0 unspecified atom stereocenters. The second kappa shape index (κ2) is 6.90. The highest BCUT2D eigenvalue weighted by atomic mass is 16.5. The maximum atomic E-state index is 11.5. The molecule has 1 aromatic rings. The molecule has 1 aromatic heterocycles. The van der Waals surface area contributed by atoms with E-state index in [0.717, 1.165) is 5.69 Å². The second-order valence-corrected chi connectivity index (χ2v) is 4.19.